The van der Waals surface area contributed by atoms with Gasteiger partial charge in [0, 0.05) is 13.2 Å². The third-order valence-corrected chi connectivity index (χ3v) is 3.47. The highest BCUT2D eigenvalue weighted by atomic mass is 16.5. The molecule has 2 nitrogen and oxygen atoms in total. The summed E-state index contributed by atoms with van der Waals surface area (Å²) in [6.07, 6.45) is 13.7. The van der Waals surface area contributed by atoms with E-state index < -0.39 is 0 Å². The summed E-state index contributed by atoms with van der Waals surface area (Å²) in [7, 11) is 0. The quantitative estimate of drug-likeness (QED) is 0.531. The predicted molar refractivity (Wildman–Crippen MR) is 72.4 cm³/mol. The summed E-state index contributed by atoms with van der Waals surface area (Å²) in [5, 5.41) is 0. The molecule has 0 radical (unpaired) electrons. The van der Waals surface area contributed by atoms with Gasteiger partial charge in [-0.15, -0.1) is 0 Å². The summed E-state index contributed by atoms with van der Waals surface area (Å²) in [4.78, 5) is 0. The van der Waals surface area contributed by atoms with Crippen molar-refractivity contribution in [3.05, 3.63) is 0 Å². The maximum atomic E-state index is 5.80. The van der Waals surface area contributed by atoms with E-state index in [9.17, 15) is 0 Å². The fraction of sp³-hybridized carbons (Fsp3) is 1.00. The van der Waals surface area contributed by atoms with Crippen LogP contribution in [0.3, 0.4) is 0 Å². The van der Waals surface area contributed by atoms with Crippen LogP contribution in [0.15, 0.2) is 0 Å². The van der Waals surface area contributed by atoms with E-state index in [0.29, 0.717) is 6.10 Å². The van der Waals surface area contributed by atoms with Crippen LogP contribution in [-0.4, -0.2) is 25.9 Å². The first-order valence-electron chi connectivity index (χ1n) is 7.63. The van der Waals surface area contributed by atoms with Crippen LogP contribution >= 0.6 is 0 Å². The van der Waals surface area contributed by atoms with Gasteiger partial charge >= 0.3 is 0 Å². The molecule has 0 saturated carbocycles. The highest BCUT2D eigenvalue weighted by Gasteiger charge is 2.13. The molecule has 0 aromatic heterocycles. The molecule has 0 amide bonds. The zero-order valence-electron chi connectivity index (χ0n) is 11.6. The van der Waals surface area contributed by atoms with Crippen molar-refractivity contribution >= 4 is 0 Å². The van der Waals surface area contributed by atoms with Crippen LogP contribution in [-0.2, 0) is 9.47 Å². The van der Waals surface area contributed by atoms with Gasteiger partial charge in [-0.2, -0.15) is 0 Å². The molecule has 2 heteroatoms. The lowest BCUT2D eigenvalue weighted by molar-refractivity contribution is -0.0507. The van der Waals surface area contributed by atoms with Crippen molar-refractivity contribution in [2.45, 2.75) is 77.2 Å². The van der Waals surface area contributed by atoms with E-state index >= 15 is 0 Å². The Hall–Kier alpha value is -0.0800. The summed E-state index contributed by atoms with van der Waals surface area (Å²) >= 11 is 0. The first-order valence-corrected chi connectivity index (χ1v) is 7.63. The Kier molecular flexibility index (Phi) is 9.72. The number of rotatable bonds is 10. The topological polar surface area (TPSA) is 18.5 Å². The Bertz CT molecular complexity index is 153. The second-order valence-electron chi connectivity index (χ2n) is 5.18. The molecule has 0 aromatic rings. The Morgan fingerprint density at radius 2 is 1.71 bits per heavy atom. The molecule has 0 aromatic carbocycles. The largest absolute Gasteiger partial charge is 0.379 e. The van der Waals surface area contributed by atoms with E-state index in [4.69, 9.17) is 9.47 Å². The molecule has 0 bridgehead atoms. The fourth-order valence-corrected chi connectivity index (χ4v) is 2.33. The van der Waals surface area contributed by atoms with Crippen molar-refractivity contribution in [2.75, 3.05) is 19.8 Å². The zero-order valence-corrected chi connectivity index (χ0v) is 11.6. The molecule has 0 N–H and O–H groups in total. The minimum absolute atomic E-state index is 0.383. The number of hydrogen-bond donors (Lipinski definition) is 0. The number of unbranched alkanes of at least 4 members (excludes halogenated alkanes) is 7. The number of ether oxygens (including phenoxy) is 2. The summed E-state index contributed by atoms with van der Waals surface area (Å²) in [6, 6.07) is 0. The van der Waals surface area contributed by atoms with Gasteiger partial charge in [0.25, 0.3) is 0 Å². The smallest absolute Gasteiger partial charge is 0.0809 e. The van der Waals surface area contributed by atoms with Gasteiger partial charge in [-0.25, -0.2) is 0 Å². The van der Waals surface area contributed by atoms with Crippen LogP contribution in [0.2, 0.25) is 0 Å². The second kappa shape index (κ2) is 11.0. The summed E-state index contributed by atoms with van der Waals surface area (Å²) in [5.41, 5.74) is 0. The Balaban J connectivity index is 1.75. The third kappa shape index (κ3) is 8.62. The highest BCUT2D eigenvalue weighted by molar-refractivity contribution is 4.61. The van der Waals surface area contributed by atoms with Gasteiger partial charge in [0.2, 0.25) is 0 Å². The molecule has 0 aliphatic carbocycles. The van der Waals surface area contributed by atoms with Crippen LogP contribution in [0.5, 0.6) is 0 Å². The van der Waals surface area contributed by atoms with Crippen molar-refractivity contribution in [3.8, 4) is 0 Å². The van der Waals surface area contributed by atoms with Gasteiger partial charge < -0.3 is 9.47 Å². The molecule has 1 rings (SSSR count). The Morgan fingerprint density at radius 1 is 1.00 bits per heavy atom. The SMILES string of the molecule is CCCCCCCCCCOC1CCCOC1. The molecule has 1 aliphatic rings. The van der Waals surface area contributed by atoms with Gasteiger partial charge in [0.05, 0.1) is 12.7 Å². The molecule has 1 aliphatic heterocycles. The van der Waals surface area contributed by atoms with Crippen molar-refractivity contribution in [3.63, 3.8) is 0 Å². The van der Waals surface area contributed by atoms with Crippen molar-refractivity contribution in [1.29, 1.82) is 0 Å². The van der Waals surface area contributed by atoms with E-state index in [1.54, 1.807) is 0 Å². The molecule has 1 unspecified atom stereocenters. The first kappa shape index (κ1) is 15.0. The lowest BCUT2D eigenvalue weighted by atomic mass is 10.1. The van der Waals surface area contributed by atoms with Crippen LogP contribution < -0.4 is 0 Å². The van der Waals surface area contributed by atoms with Gasteiger partial charge in [0.15, 0.2) is 0 Å². The monoisotopic (exact) mass is 242 g/mol. The first-order chi connectivity index (χ1) is 8.43. The van der Waals surface area contributed by atoms with Crippen LogP contribution in [0.1, 0.15) is 71.1 Å². The van der Waals surface area contributed by atoms with Gasteiger partial charge in [0.1, 0.15) is 0 Å². The van der Waals surface area contributed by atoms with E-state index in [1.807, 2.05) is 0 Å². The molecular weight excluding hydrogens is 212 g/mol. The van der Waals surface area contributed by atoms with Crippen molar-refractivity contribution < 1.29 is 9.47 Å². The molecule has 1 saturated heterocycles. The predicted octanol–water partition coefficient (Wildman–Crippen LogP) is 4.32. The third-order valence-electron chi connectivity index (χ3n) is 3.47. The average Bonchev–Trinajstić information content (AvgIpc) is 2.38. The maximum absolute atomic E-state index is 5.80. The minimum atomic E-state index is 0.383. The molecule has 102 valence electrons. The van der Waals surface area contributed by atoms with E-state index in [1.165, 1.54) is 64.2 Å². The minimum Gasteiger partial charge on any atom is -0.379 e. The maximum Gasteiger partial charge on any atom is 0.0809 e. The Labute approximate surface area is 107 Å². The van der Waals surface area contributed by atoms with E-state index in [-0.39, 0.29) is 0 Å². The van der Waals surface area contributed by atoms with Crippen LogP contribution in [0.25, 0.3) is 0 Å². The van der Waals surface area contributed by atoms with Crippen molar-refractivity contribution in [2.24, 2.45) is 0 Å². The number of hydrogen-bond acceptors (Lipinski definition) is 2. The summed E-state index contributed by atoms with van der Waals surface area (Å²) in [5.74, 6) is 0. The van der Waals surface area contributed by atoms with Crippen LogP contribution in [0.4, 0.5) is 0 Å². The van der Waals surface area contributed by atoms with E-state index in [2.05, 4.69) is 6.92 Å². The van der Waals surface area contributed by atoms with Gasteiger partial charge in [-0.1, -0.05) is 51.9 Å². The fourth-order valence-electron chi connectivity index (χ4n) is 2.33. The molecule has 1 heterocycles. The van der Waals surface area contributed by atoms with Gasteiger partial charge in [-0.3, -0.25) is 0 Å². The summed E-state index contributed by atoms with van der Waals surface area (Å²) in [6.45, 7) is 4.95. The normalized spacial score (nSPS) is 20.6. The molecule has 1 atom stereocenters. The molecule has 0 spiro atoms. The summed E-state index contributed by atoms with van der Waals surface area (Å²) < 4.78 is 11.2. The highest BCUT2D eigenvalue weighted by Crippen LogP contribution is 2.12. The Morgan fingerprint density at radius 3 is 2.35 bits per heavy atom. The molecular formula is C15H30O2. The molecule has 17 heavy (non-hydrogen) atoms. The van der Waals surface area contributed by atoms with Crippen molar-refractivity contribution in [1.82, 2.24) is 0 Å². The standard InChI is InChI=1S/C15H30O2/c1-2-3-4-5-6-7-8-9-13-17-15-11-10-12-16-14-15/h15H,2-14H2,1H3. The van der Waals surface area contributed by atoms with Crippen LogP contribution in [0, 0.1) is 0 Å². The van der Waals surface area contributed by atoms with Gasteiger partial charge in [-0.05, 0) is 19.3 Å². The average molecular weight is 242 g/mol. The lowest BCUT2D eigenvalue weighted by Crippen LogP contribution is -2.25. The second-order valence-corrected chi connectivity index (χ2v) is 5.18. The zero-order chi connectivity index (χ0) is 12.2. The lowest BCUT2D eigenvalue weighted by Gasteiger charge is -2.22. The van der Waals surface area contributed by atoms with E-state index in [0.717, 1.165) is 19.8 Å². The molecule has 1 fully saturated rings.